The van der Waals surface area contributed by atoms with Gasteiger partial charge in [-0.3, -0.25) is 4.79 Å². The molecule has 176 valence electrons. The van der Waals surface area contributed by atoms with E-state index in [-0.39, 0.29) is 11.2 Å². The molecule has 5 rings (SSSR count). The molecule has 7 nitrogen and oxygen atoms in total. The zero-order valence-corrected chi connectivity index (χ0v) is 20.8. The first kappa shape index (κ1) is 22.7. The third-order valence-corrected chi connectivity index (χ3v) is 6.78. The van der Waals surface area contributed by atoms with E-state index in [4.69, 9.17) is 42.8 Å². The molecule has 0 fully saturated rings. The molecule has 1 N–H and O–H groups in total. The van der Waals surface area contributed by atoms with Gasteiger partial charge < -0.3 is 14.8 Å². The maximum Gasteiger partial charge on any atom is 0.226 e. The molecule has 9 heteroatoms. The lowest BCUT2D eigenvalue weighted by Gasteiger charge is -2.38. The molecule has 1 atom stereocenters. The van der Waals surface area contributed by atoms with E-state index >= 15 is 0 Å². The average Bonchev–Trinajstić information content (AvgIpc) is 3.19. The van der Waals surface area contributed by atoms with E-state index in [0.29, 0.717) is 57.3 Å². The summed E-state index contributed by atoms with van der Waals surface area (Å²) in [6.07, 6.45) is 1.15. The van der Waals surface area contributed by atoms with Gasteiger partial charge in [0.05, 0.1) is 19.2 Å². The minimum Gasteiger partial charge on any atom is -0.497 e. The van der Waals surface area contributed by atoms with Gasteiger partial charge in [-0.05, 0) is 48.2 Å². The van der Waals surface area contributed by atoms with Crippen LogP contribution in [0.25, 0.3) is 11.4 Å². The van der Waals surface area contributed by atoms with Crippen LogP contribution in [0.15, 0.2) is 47.7 Å². The molecule has 1 unspecified atom stereocenters. The van der Waals surface area contributed by atoms with Crippen LogP contribution in [0.2, 0.25) is 10.0 Å². The number of anilines is 1. The summed E-state index contributed by atoms with van der Waals surface area (Å²) in [7, 11) is 3.21. The van der Waals surface area contributed by atoms with Gasteiger partial charge in [0, 0.05) is 33.8 Å². The molecule has 0 amide bonds. The third-order valence-electron chi connectivity index (χ3n) is 6.24. The van der Waals surface area contributed by atoms with Crippen LogP contribution >= 0.6 is 23.2 Å². The van der Waals surface area contributed by atoms with E-state index < -0.39 is 6.04 Å². The van der Waals surface area contributed by atoms with Crippen LogP contribution in [0.5, 0.6) is 11.5 Å². The van der Waals surface area contributed by atoms with E-state index in [0.717, 1.165) is 11.3 Å². The zero-order chi connectivity index (χ0) is 24.2. The third kappa shape index (κ3) is 3.83. The Bertz CT molecular complexity index is 1350. The first-order valence-corrected chi connectivity index (χ1v) is 11.6. The van der Waals surface area contributed by atoms with E-state index in [1.165, 1.54) is 0 Å². The number of hydrogen-bond acceptors (Lipinski definition) is 6. The molecule has 1 aliphatic carbocycles. The fourth-order valence-corrected chi connectivity index (χ4v) is 5.23. The first-order valence-electron chi connectivity index (χ1n) is 10.9. The molecule has 0 bridgehead atoms. The van der Waals surface area contributed by atoms with Crippen molar-refractivity contribution in [3.8, 4) is 22.9 Å². The van der Waals surface area contributed by atoms with Crippen molar-refractivity contribution in [2.45, 2.75) is 32.7 Å². The number of ether oxygens (including phenoxy) is 2. The van der Waals surface area contributed by atoms with Gasteiger partial charge in [0.1, 0.15) is 17.5 Å². The van der Waals surface area contributed by atoms with Crippen molar-refractivity contribution in [3.63, 3.8) is 0 Å². The van der Waals surface area contributed by atoms with Gasteiger partial charge in [-0.25, -0.2) is 4.68 Å². The molecule has 0 spiro atoms. The molecule has 2 aliphatic rings. The largest absolute Gasteiger partial charge is 0.497 e. The predicted molar refractivity (Wildman–Crippen MR) is 132 cm³/mol. The molecule has 1 aromatic heterocycles. The lowest BCUT2D eigenvalue weighted by molar-refractivity contribution is -0.118. The van der Waals surface area contributed by atoms with Crippen LogP contribution < -0.4 is 14.8 Å². The molecule has 34 heavy (non-hydrogen) atoms. The summed E-state index contributed by atoms with van der Waals surface area (Å²) >= 11 is 12.5. The molecular formula is C25H24Cl2N4O3. The molecule has 2 aromatic carbocycles. The number of ketones is 1. The number of carbonyl (C=O) groups excluding carboxylic acids is 1. The van der Waals surface area contributed by atoms with Gasteiger partial charge in [0.25, 0.3) is 0 Å². The Morgan fingerprint density at radius 2 is 1.88 bits per heavy atom. The summed E-state index contributed by atoms with van der Waals surface area (Å²) in [4.78, 5) is 18.2. The van der Waals surface area contributed by atoms with Crippen molar-refractivity contribution in [2.24, 2.45) is 5.41 Å². The summed E-state index contributed by atoms with van der Waals surface area (Å²) in [5, 5.41) is 9.15. The molecule has 2 heterocycles. The number of Topliss-reactive ketones (excluding diaryl/α,β-unsaturated/α-hetero) is 1. The second-order valence-electron chi connectivity index (χ2n) is 9.30. The van der Waals surface area contributed by atoms with Gasteiger partial charge >= 0.3 is 0 Å². The summed E-state index contributed by atoms with van der Waals surface area (Å²) < 4.78 is 12.9. The highest BCUT2D eigenvalue weighted by Crippen LogP contribution is 2.48. The minimum absolute atomic E-state index is 0.0702. The highest BCUT2D eigenvalue weighted by Gasteiger charge is 2.43. The maximum absolute atomic E-state index is 13.5. The molecule has 0 saturated carbocycles. The van der Waals surface area contributed by atoms with Crippen LogP contribution in [-0.4, -0.2) is 34.8 Å². The number of benzene rings is 2. The van der Waals surface area contributed by atoms with E-state index in [2.05, 4.69) is 19.2 Å². The normalized spacial score (nSPS) is 18.8. The van der Waals surface area contributed by atoms with Crippen molar-refractivity contribution >= 4 is 34.9 Å². The number of methoxy groups -OCH3 is 2. The number of halogens is 2. The lowest BCUT2D eigenvalue weighted by Crippen LogP contribution is -2.36. The van der Waals surface area contributed by atoms with Crippen molar-refractivity contribution < 1.29 is 14.3 Å². The summed E-state index contributed by atoms with van der Waals surface area (Å²) in [6.45, 7) is 4.19. The van der Waals surface area contributed by atoms with Crippen molar-refractivity contribution in [1.82, 2.24) is 14.8 Å². The minimum atomic E-state index is -0.535. The number of aromatic nitrogens is 3. The van der Waals surface area contributed by atoms with Crippen LogP contribution in [0.1, 0.15) is 38.3 Å². The lowest BCUT2D eigenvalue weighted by atomic mass is 9.73. The SMILES string of the molecule is COc1ccc(OC)c(C2C3=C(CC(C)(C)CC3=O)Nc3nc(-c4ccc(Cl)cc4Cl)nn32)c1. The van der Waals surface area contributed by atoms with Crippen molar-refractivity contribution in [3.05, 3.63) is 63.3 Å². The standard InChI is InChI=1S/C25H24Cl2N4O3/c1-25(2)11-18-21(19(32)12-25)22(16-10-14(33-3)6-8-20(16)34-4)31-24(28-18)29-23(30-31)15-7-5-13(26)9-17(15)27/h5-10,22H,11-12H2,1-4H3,(H,28,29,30). The Morgan fingerprint density at radius 3 is 2.59 bits per heavy atom. The zero-order valence-electron chi connectivity index (χ0n) is 19.3. The van der Waals surface area contributed by atoms with Crippen molar-refractivity contribution in [2.75, 3.05) is 19.5 Å². The van der Waals surface area contributed by atoms with Gasteiger partial charge in [-0.15, -0.1) is 5.10 Å². The molecule has 1 aliphatic heterocycles. The van der Waals surface area contributed by atoms with E-state index in [1.54, 1.807) is 37.1 Å². The number of fused-ring (bicyclic) bond motifs is 1. The highest BCUT2D eigenvalue weighted by atomic mass is 35.5. The fourth-order valence-electron chi connectivity index (χ4n) is 4.73. The topological polar surface area (TPSA) is 78.3 Å². The average molecular weight is 499 g/mol. The van der Waals surface area contributed by atoms with E-state index in [9.17, 15) is 4.79 Å². The smallest absolute Gasteiger partial charge is 0.226 e. The van der Waals surface area contributed by atoms with Crippen LogP contribution in [0.4, 0.5) is 5.95 Å². The number of nitrogens with zero attached hydrogens (tertiary/aromatic N) is 3. The number of carbonyl (C=O) groups is 1. The molecule has 0 radical (unpaired) electrons. The number of hydrogen-bond donors (Lipinski definition) is 1. The summed E-state index contributed by atoms with van der Waals surface area (Å²) in [6, 6.07) is 10.2. The van der Waals surface area contributed by atoms with Crippen LogP contribution in [0, 0.1) is 5.41 Å². The molecule has 0 saturated heterocycles. The predicted octanol–water partition coefficient (Wildman–Crippen LogP) is 5.93. The van der Waals surface area contributed by atoms with Gasteiger partial charge in [0.15, 0.2) is 11.6 Å². The van der Waals surface area contributed by atoms with Gasteiger partial charge in [-0.1, -0.05) is 37.0 Å². The fraction of sp³-hybridized carbons (Fsp3) is 0.320. The Morgan fingerprint density at radius 1 is 1.09 bits per heavy atom. The van der Waals surface area contributed by atoms with Gasteiger partial charge in [0.2, 0.25) is 5.95 Å². The van der Waals surface area contributed by atoms with Crippen LogP contribution in [-0.2, 0) is 4.79 Å². The van der Waals surface area contributed by atoms with Crippen LogP contribution in [0.3, 0.4) is 0 Å². The Labute approximate surface area is 207 Å². The van der Waals surface area contributed by atoms with Crippen molar-refractivity contribution in [1.29, 1.82) is 0 Å². The monoisotopic (exact) mass is 498 g/mol. The number of rotatable bonds is 4. The molecule has 3 aromatic rings. The maximum atomic E-state index is 13.5. The number of allylic oxidation sites excluding steroid dienone is 2. The Hall–Kier alpha value is -3.03. The Kier molecular flexibility index (Phi) is 5.57. The van der Waals surface area contributed by atoms with E-state index in [1.807, 2.05) is 18.2 Å². The summed E-state index contributed by atoms with van der Waals surface area (Å²) in [5.74, 6) is 2.32. The quantitative estimate of drug-likeness (QED) is 0.480. The number of nitrogens with one attached hydrogen (secondary N) is 1. The second kappa shape index (κ2) is 8.32. The Balaban J connectivity index is 1.74. The first-order chi connectivity index (χ1) is 16.2. The molecular weight excluding hydrogens is 475 g/mol. The second-order valence-corrected chi connectivity index (χ2v) is 10.1. The van der Waals surface area contributed by atoms with Gasteiger partial charge in [-0.2, -0.15) is 4.98 Å². The summed E-state index contributed by atoms with van der Waals surface area (Å²) in [5.41, 5.74) is 2.76. The highest BCUT2D eigenvalue weighted by molar-refractivity contribution is 6.36.